The summed E-state index contributed by atoms with van der Waals surface area (Å²) in [6.07, 6.45) is 3.55. The van der Waals surface area contributed by atoms with Gasteiger partial charge in [0.2, 0.25) is 0 Å². The summed E-state index contributed by atoms with van der Waals surface area (Å²) in [5.74, 6) is 0.282. The van der Waals surface area contributed by atoms with Gasteiger partial charge in [-0.2, -0.15) is 0 Å². The molecule has 2 heterocycles. The average Bonchev–Trinajstić information content (AvgIpc) is 2.54. The number of nitrogens with zero attached hydrogens (tertiary/aromatic N) is 2. The van der Waals surface area contributed by atoms with Crippen molar-refractivity contribution in [3.05, 3.63) is 68.9 Å². The molecule has 2 aromatic heterocycles. The third-order valence-electron chi connectivity index (χ3n) is 3.89. The monoisotopic (exact) mass is 473 g/mol. The van der Waals surface area contributed by atoms with Crippen molar-refractivity contribution in [2.24, 2.45) is 0 Å². The summed E-state index contributed by atoms with van der Waals surface area (Å²) in [6.45, 7) is 3.95. The summed E-state index contributed by atoms with van der Waals surface area (Å²) < 4.78 is 1.90. The predicted octanol–water partition coefficient (Wildman–Crippen LogP) is 5.90. The van der Waals surface area contributed by atoms with E-state index in [1.807, 2.05) is 38.1 Å². The number of nitrogens with two attached hydrogens (primary N) is 1. The minimum absolute atomic E-state index is 0.282. The van der Waals surface area contributed by atoms with Crippen LogP contribution in [0.4, 0.5) is 5.69 Å². The molecule has 4 rings (SSSR count). The van der Waals surface area contributed by atoms with E-state index in [9.17, 15) is 5.11 Å². The Labute approximate surface area is 168 Å². The highest BCUT2D eigenvalue weighted by atomic mass is 79.9. The molecule has 4 aromatic rings. The van der Waals surface area contributed by atoms with Crippen molar-refractivity contribution >= 4 is 59.4 Å². The van der Waals surface area contributed by atoms with Gasteiger partial charge < -0.3 is 10.8 Å². The van der Waals surface area contributed by atoms with Gasteiger partial charge in [-0.25, -0.2) is 0 Å². The van der Waals surface area contributed by atoms with E-state index in [-0.39, 0.29) is 5.75 Å². The third-order valence-corrected chi connectivity index (χ3v) is 4.76. The smallest absolute Gasteiger partial charge is 0.116 e. The first-order chi connectivity index (χ1) is 12.3. The number of phenols is 1. The molecule has 0 bridgehead atoms. The second-order valence-electron chi connectivity index (χ2n) is 6.05. The number of halogens is 2. The largest absolute Gasteiger partial charge is 0.508 e. The Balaban J connectivity index is 0.000000151. The lowest BCUT2D eigenvalue weighted by molar-refractivity contribution is 0.476. The van der Waals surface area contributed by atoms with E-state index >= 15 is 0 Å². The molecule has 0 fully saturated rings. The van der Waals surface area contributed by atoms with Crippen molar-refractivity contribution in [3.8, 4) is 5.75 Å². The molecule has 0 aliphatic carbocycles. The van der Waals surface area contributed by atoms with E-state index in [2.05, 4.69) is 41.8 Å². The number of rotatable bonds is 0. The second-order valence-corrected chi connectivity index (χ2v) is 7.88. The average molecular weight is 475 g/mol. The predicted molar refractivity (Wildman–Crippen MR) is 114 cm³/mol. The summed E-state index contributed by atoms with van der Waals surface area (Å²) in [5.41, 5.74) is 10.6. The molecule has 0 atom stereocenters. The third kappa shape index (κ3) is 4.14. The molecule has 6 heteroatoms. The molecular formula is C20H17Br2N3O. The Morgan fingerprint density at radius 3 is 1.85 bits per heavy atom. The lowest BCUT2D eigenvalue weighted by Gasteiger charge is -2.03. The number of hydrogen-bond donors (Lipinski definition) is 2. The fourth-order valence-corrected chi connectivity index (χ4v) is 3.52. The van der Waals surface area contributed by atoms with Crippen molar-refractivity contribution in [3.63, 3.8) is 0 Å². The fourth-order valence-electron chi connectivity index (χ4n) is 2.82. The molecule has 0 spiro atoms. The molecule has 2 aromatic carbocycles. The summed E-state index contributed by atoms with van der Waals surface area (Å²) in [5, 5.41) is 11.4. The van der Waals surface area contributed by atoms with E-state index in [1.54, 1.807) is 24.5 Å². The van der Waals surface area contributed by atoms with Gasteiger partial charge in [0.25, 0.3) is 0 Å². The van der Waals surface area contributed by atoms with E-state index in [4.69, 9.17) is 5.73 Å². The van der Waals surface area contributed by atoms with Crippen molar-refractivity contribution < 1.29 is 5.11 Å². The summed E-state index contributed by atoms with van der Waals surface area (Å²) >= 11 is 6.72. The summed E-state index contributed by atoms with van der Waals surface area (Å²) in [6, 6.07) is 11.2. The van der Waals surface area contributed by atoms with Crippen molar-refractivity contribution in [1.29, 1.82) is 0 Å². The highest BCUT2D eigenvalue weighted by molar-refractivity contribution is 9.10. The number of pyridine rings is 2. The molecule has 0 saturated heterocycles. The van der Waals surface area contributed by atoms with Gasteiger partial charge in [0.1, 0.15) is 5.75 Å². The maximum Gasteiger partial charge on any atom is 0.116 e. The number of aromatic hydroxyl groups is 1. The Morgan fingerprint density at radius 1 is 0.769 bits per heavy atom. The zero-order chi connectivity index (χ0) is 18.8. The summed E-state index contributed by atoms with van der Waals surface area (Å²) in [7, 11) is 0. The van der Waals surface area contributed by atoms with E-state index < -0.39 is 0 Å². The quantitative estimate of drug-likeness (QED) is 0.311. The number of hydrogen-bond acceptors (Lipinski definition) is 4. The van der Waals surface area contributed by atoms with Gasteiger partial charge in [-0.05, 0) is 93.2 Å². The van der Waals surface area contributed by atoms with Gasteiger partial charge >= 0.3 is 0 Å². The number of anilines is 1. The molecule has 4 nitrogen and oxygen atoms in total. The highest BCUT2D eigenvalue weighted by Gasteiger charge is 2.02. The Hall–Kier alpha value is -2.18. The maximum atomic E-state index is 9.36. The van der Waals surface area contributed by atoms with E-state index in [1.165, 1.54) is 0 Å². The van der Waals surface area contributed by atoms with E-state index in [0.717, 1.165) is 47.6 Å². The van der Waals surface area contributed by atoms with Crippen LogP contribution in [0.25, 0.3) is 21.8 Å². The SMILES string of the molecule is Cc1cc(N)cc2cc(Br)cnc12.Cc1cc(O)cc2cc(Br)cnc12. The molecule has 132 valence electrons. The fraction of sp³-hybridized carbons (Fsp3) is 0.100. The number of nitrogen functional groups attached to an aromatic ring is 1. The minimum atomic E-state index is 0.282. The lowest BCUT2D eigenvalue weighted by Crippen LogP contribution is -1.89. The van der Waals surface area contributed by atoms with Crippen molar-refractivity contribution in [1.82, 2.24) is 9.97 Å². The van der Waals surface area contributed by atoms with Crippen LogP contribution in [-0.4, -0.2) is 15.1 Å². The van der Waals surface area contributed by atoms with Crippen molar-refractivity contribution in [2.45, 2.75) is 13.8 Å². The van der Waals surface area contributed by atoms with Crippen LogP contribution >= 0.6 is 31.9 Å². The number of fused-ring (bicyclic) bond motifs is 2. The van der Waals surface area contributed by atoms with Gasteiger partial charge in [-0.1, -0.05) is 0 Å². The first-order valence-electron chi connectivity index (χ1n) is 7.90. The normalized spacial score (nSPS) is 10.6. The molecule has 0 aliphatic heterocycles. The van der Waals surface area contributed by atoms with Crippen LogP contribution in [0.2, 0.25) is 0 Å². The van der Waals surface area contributed by atoms with Crippen molar-refractivity contribution in [2.75, 3.05) is 5.73 Å². The number of aromatic nitrogens is 2. The second kappa shape index (κ2) is 7.60. The number of benzene rings is 2. The highest BCUT2D eigenvalue weighted by Crippen LogP contribution is 2.25. The van der Waals surface area contributed by atoms with Crippen LogP contribution in [0.5, 0.6) is 5.75 Å². The molecule has 0 saturated carbocycles. The maximum absolute atomic E-state index is 9.36. The van der Waals surface area contributed by atoms with Gasteiger partial charge in [-0.15, -0.1) is 0 Å². The first-order valence-corrected chi connectivity index (χ1v) is 9.48. The van der Waals surface area contributed by atoms with Gasteiger partial charge in [0, 0.05) is 37.8 Å². The zero-order valence-corrected chi connectivity index (χ0v) is 17.5. The van der Waals surface area contributed by atoms with Crippen LogP contribution in [0.1, 0.15) is 11.1 Å². The van der Waals surface area contributed by atoms with E-state index in [0.29, 0.717) is 0 Å². The van der Waals surface area contributed by atoms with Crippen LogP contribution < -0.4 is 5.73 Å². The molecule has 26 heavy (non-hydrogen) atoms. The van der Waals surface area contributed by atoms with Crippen LogP contribution in [0, 0.1) is 13.8 Å². The number of phenolic OH excluding ortho intramolecular Hbond substituents is 1. The molecule has 0 amide bonds. The number of aryl methyl sites for hydroxylation is 2. The molecule has 0 aliphatic rings. The van der Waals surface area contributed by atoms with Crippen LogP contribution in [0.15, 0.2) is 57.7 Å². The summed E-state index contributed by atoms with van der Waals surface area (Å²) in [4.78, 5) is 8.58. The Kier molecular flexibility index (Phi) is 5.44. The Morgan fingerprint density at radius 2 is 1.27 bits per heavy atom. The van der Waals surface area contributed by atoms with Gasteiger partial charge in [-0.3, -0.25) is 9.97 Å². The minimum Gasteiger partial charge on any atom is -0.508 e. The van der Waals surface area contributed by atoms with Gasteiger partial charge in [0.15, 0.2) is 0 Å². The molecule has 0 unspecified atom stereocenters. The van der Waals surface area contributed by atoms with Gasteiger partial charge in [0.05, 0.1) is 11.0 Å². The van der Waals surface area contributed by atoms with Crippen LogP contribution in [0.3, 0.4) is 0 Å². The topological polar surface area (TPSA) is 72.0 Å². The lowest BCUT2D eigenvalue weighted by atomic mass is 10.1. The first kappa shape index (κ1) is 18.6. The zero-order valence-electron chi connectivity index (χ0n) is 14.3. The standard InChI is InChI=1S/C10H9BrN2.C10H8BrNO/c1-6-2-9(12)4-7-3-8(11)5-13-10(6)7;1-6-2-9(13)4-7-3-8(11)5-12-10(6)7/h2-5H,12H2,1H3;2-5,13H,1H3. The Bertz CT molecular complexity index is 1010. The molecular weight excluding hydrogens is 458 g/mol. The van der Waals surface area contributed by atoms with Crippen LogP contribution in [-0.2, 0) is 0 Å². The molecule has 0 radical (unpaired) electrons. The molecule has 3 N–H and O–H groups in total.